The molecule has 0 spiro atoms. The third kappa shape index (κ3) is 4.59. The van der Waals surface area contributed by atoms with Crippen molar-refractivity contribution < 1.29 is 14.2 Å². The van der Waals surface area contributed by atoms with Gasteiger partial charge in [0.1, 0.15) is 0 Å². The molecule has 2 rings (SSSR count). The highest BCUT2D eigenvalue weighted by Gasteiger charge is 2.16. The normalized spacial score (nSPS) is 11.0. The molecular weight excluding hydrogens is 330 g/mol. The van der Waals surface area contributed by atoms with Gasteiger partial charge in [0.05, 0.1) is 21.3 Å². The summed E-state index contributed by atoms with van der Waals surface area (Å²) in [6.45, 7) is 1.32. The smallest absolute Gasteiger partial charge is 0.203 e. The van der Waals surface area contributed by atoms with Gasteiger partial charge in [0.15, 0.2) is 17.5 Å². The average Bonchev–Trinajstić information content (AvgIpc) is 2.68. The maximum Gasteiger partial charge on any atom is 0.203 e. The Hall–Kier alpha value is -2.89. The van der Waals surface area contributed by atoms with Crippen molar-refractivity contribution in [1.29, 1.82) is 0 Å². The minimum absolute atomic E-state index is 0.551. The maximum absolute atomic E-state index is 5.53. The standard InChI is InChI=1S/C20H27N3O3/c1-21-20(23(2)14-15-9-7-6-8-10-15)22-13-16-11-12-17(24-3)19(26-5)18(16)25-4/h6-12H,13-14H2,1-5H3,(H,21,22). The van der Waals surface area contributed by atoms with Crippen LogP contribution in [0.2, 0.25) is 0 Å². The van der Waals surface area contributed by atoms with Gasteiger partial charge in [0, 0.05) is 32.7 Å². The molecule has 6 heteroatoms. The number of rotatable bonds is 7. The molecule has 0 heterocycles. The molecule has 2 aromatic carbocycles. The second kappa shape index (κ2) is 9.56. The first-order chi connectivity index (χ1) is 12.6. The van der Waals surface area contributed by atoms with Gasteiger partial charge in [-0.2, -0.15) is 0 Å². The summed E-state index contributed by atoms with van der Waals surface area (Å²) in [6.07, 6.45) is 0. The van der Waals surface area contributed by atoms with E-state index in [4.69, 9.17) is 14.2 Å². The van der Waals surface area contributed by atoms with Gasteiger partial charge < -0.3 is 24.4 Å². The second-order valence-electron chi connectivity index (χ2n) is 5.74. The van der Waals surface area contributed by atoms with E-state index in [1.165, 1.54) is 5.56 Å². The topological polar surface area (TPSA) is 55.3 Å². The van der Waals surface area contributed by atoms with Crippen molar-refractivity contribution in [3.63, 3.8) is 0 Å². The Bertz CT molecular complexity index is 733. The molecule has 2 aromatic rings. The molecule has 6 nitrogen and oxygen atoms in total. The van der Waals surface area contributed by atoms with Crippen LogP contribution in [0.5, 0.6) is 17.2 Å². The maximum atomic E-state index is 5.53. The lowest BCUT2D eigenvalue weighted by molar-refractivity contribution is 0.322. The van der Waals surface area contributed by atoms with Gasteiger partial charge in [-0.15, -0.1) is 0 Å². The van der Waals surface area contributed by atoms with Crippen LogP contribution in [0.1, 0.15) is 11.1 Å². The van der Waals surface area contributed by atoms with Crippen molar-refractivity contribution >= 4 is 5.96 Å². The number of nitrogens with one attached hydrogen (secondary N) is 1. The van der Waals surface area contributed by atoms with Gasteiger partial charge in [-0.25, -0.2) is 0 Å². The van der Waals surface area contributed by atoms with Crippen molar-refractivity contribution in [3.05, 3.63) is 53.6 Å². The van der Waals surface area contributed by atoms with Gasteiger partial charge in [-0.1, -0.05) is 30.3 Å². The van der Waals surface area contributed by atoms with Crippen LogP contribution in [0.3, 0.4) is 0 Å². The van der Waals surface area contributed by atoms with Gasteiger partial charge in [0.2, 0.25) is 5.75 Å². The summed E-state index contributed by atoms with van der Waals surface area (Å²) in [5.74, 6) is 2.67. The molecule has 0 unspecified atom stereocenters. The average molecular weight is 357 g/mol. The Morgan fingerprint density at radius 3 is 2.23 bits per heavy atom. The second-order valence-corrected chi connectivity index (χ2v) is 5.74. The first-order valence-electron chi connectivity index (χ1n) is 8.38. The molecule has 0 saturated carbocycles. The molecule has 0 radical (unpaired) electrons. The Labute approximate surface area is 155 Å². The molecule has 0 bridgehead atoms. The fourth-order valence-electron chi connectivity index (χ4n) is 2.79. The van der Waals surface area contributed by atoms with Crippen LogP contribution in [-0.2, 0) is 13.1 Å². The minimum Gasteiger partial charge on any atom is -0.493 e. The van der Waals surface area contributed by atoms with E-state index >= 15 is 0 Å². The number of aliphatic imine (C=N–C) groups is 1. The third-order valence-electron chi connectivity index (χ3n) is 4.06. The lowest BCUT2D eigenvalue weighted by Crippen LogP contribution is -2.38. The zero-order chi connectivity index (χ0) is 18.9. The highest BCUT2D eigenvalue weighted by Crippen LogP contribution is 2.39. The Morgan fingerprint density at radius 1 is 0.962 bits per heavy atom. The molecular formula is C20H27N3O3. The van der Waals surface area contributed by atoms with Crippen molar-refractivity contribution in [2.24, 2.45) is 4.99 Å². The summed E-state index contributed by atoms with van der Waals surface area (Å²) in [5, 5.41) is 3.37. The molecule has 0 atom stereocenters. The molecule has 140 valence electrons. The van der Waals surface area contributed by atoms with Crippen LogP contribution in [-0.4, -0.2) is 46.3 Å². The molecule has 0 amide bonds. The Balaban J connectivity index is 2.11. The van der Waals surface area contributed by atoms with E-state index in [0.717, 1.165) is 18.1 Å². The predicted molar refractivity (Wildman–Crippen MR) is 104 cm³/mol. The molecule has 0 aliphatic heterocycles. The molecule has 1 N–H and O–H groups in total. The minimum atomic E-state index is 0.551. The van der Waals surface area contributed by atoms with Crippen LogP contribution in [0, 0.1) is 0 Å². The number of hydrogen-bond donors (Lipinski definition) is 1. The molecule has 26 heavy (non-hydrogen) atoms. The van der Waals surface area contributed by atoms with Gasteiger partial charge in [-0.3, -0.25) is 4.99 Å². The van der Waals surface area contributed by atoms with Crippen molar-refractivity contribution in [2.75, 3.05) is 35.4 Å². The SMILES string of the molecule is CN=C(NCc1ccc(OC)c(OC)c1OC)N(C)Cc1ccccc1. The van der Waals surface area contributed by atoms with Crippen molar-refractivity contribution in [1.82, 2.24) is 10.2 Å². The Kier molecular flexibility index (Phi) is 7.14. The lowest BCUT2D eigenvalue weighted by atomic mass is 10.1. The van der Waals surface area contributed by atoms with Crippen LogP contribution >= 0.6 is 0 Å². The number of guanidine groups is 1. The molecule has 0 aliphatic carbocycles. The van der Waals surface area contributed by atoms with Crippen LogP contribution in [0.25, 0.3) is 0 Å². The number of methoxy groups -OCH3 is 3. The number of hydrogen-bond acceptors (Lipinski definition) is 4. The van der Waals surface area contributed by atoms with Gasteiger partial charge >= 0.3 is 0 Å². The van der Waals surface area contributed by atoms with Crippen LogP contribution in [0.4, 0.5) is 0 Å². The summed E-state index contributed by atoms with van der Waals surface area (Å²) in [5.41, 5.74) is 2.18. The molecule has 0 aliphatic rings. The van der Waals surface area contributed by atoms with E-state index in [0.29, 0.717) is 23.8 Å². The van der Waals surface area contributed by atoms with Gasteiger partial charge in [0.25, 0.3) is 0 Å². The molecule has 0 aromatic heterocycles. The summed E-state index contributed by atoms with van der Waals surface area (Å²) in [7, 11) is 8.61. The Morgan fingerprint density at radius 2 is 1.65 bits per heavy atom. The number of ether oxygens (including phenoxy) is 3. The monoisotopic (exact) mass is 357 g/mol. The van der Waals surface area contributed by atoms with Gasteiger partial charge in [-0.05, 0) is 17.7 Å². The molecule has 0 fully saturated rings. The first kappa shape index (κ1) is 19.4. The van der Waals surface area contributed by atoms with E-state index in [1.807, 2.05) is 37.4 Å². The predicted octanol–water partition coefficient (Wildman–Crippen LogP) is 2.92. The van der Waals surface area contributed by atoms with E-state index in [2.05, 4.69) is 27.3 Å². The van der Waals surface area contributed by atoms with Crippen molar-refractivity contribution in [2.45, 2.75) is 13.1 Å². The number of benzene rings is 2. The quantitative estimate of drug-likeness (QED) is 0.610. The highest BCUT2D eigenvalue weighted by molar-refractivity contribution is 5.79. The largest absolute Gasteiger partial charge is 0.493 e. The van der Waals surface area contributed by atoms with Crippen molar-refractivity contribution in [3.8, 4) is 17.2 Å². The van der Waals surface area contributed by atoms with E-state index < -0.39 is 0 Å². The fraction of sp³-hybridized carbons (Fsp3) is 0.350. The zero-order valence-corrected chi connectivity index (χ0v) is 16.1. The summed E-state index contributed by atoms with van der Waals surface area (Å²) >= 11 is 0. The van der Waals surface area contributed by atoms with E-state index in [1.54, 1.807) is 28.4 Å². The van der Waals surface area contributed by atoms with E-state index in [9.17, 15) is 0 Å². The van der Waals surface area contributed by atoms with Crippen LogP contribution < -0.4 is 19.5 Å². The zero-order valence-electron chi connectivity index (χ0n) is 16.1. The van der Waals surface area contributed by atoms with Crippen LogP contribution in [0.15, 0.2) is 47.5 Å². The lowest BCUT2D eigenvalue weighted by Gasteiger charge is -2.23. The summed E-state index contributed by atoms with van der Waals surface area (Å²) in [4.78, 5) is 6.44. The molecule has 0 saturated heterocycles. The summed E-state index contributed by atoms with van der Waals surface area (Å²) in [6, 6.07) is 14.1. The highest BCUT2D eigenvalue weighted by atomic mass is 16.5. The first-order valence-corrected chi connectivity index (χ1v) is 8.38. The fourth-order valence-corrected chi connectivity index (χ4v) is 2.79. The summed E-state index contributed by atoms with van der Waals surface area (Å²) < 4.78 is 16.3. The number of nitrogens with zero attached hydrogens (tertiary/aromatic N) is 2. The third-order valence-corrected chi connectivity index (χ3v) is 4.06. The van der Waals surface area contributed by atoms with E-state index in [-0.39, 0.29) is 0 Å².